The van der Waals surface area contributed by atoms with E-state index in [0.29, 0.717) is 12.1 Å². The number of benzene rings is 1. The van der Waals surface area contributed by atoms with Gasteiger partial charge in [0, 0.05) is 12.6 Å². The average Bonchev–Trinajstić information content (AvgIpc) is 2.43. The second kappa shape index (κ2) is 7.95. The second-order valence-electron chi connectivity index (χ2n) is 6.45. The van der Waals surface area contributed by atoms with E-state index in [0.717, 1.165) is 19.1 Å². The van der Waals surface area contributed by atoms with Crippen molar-refractivity contribution in [1.82, 2.24) is 5.32 Å². The van der Waals surface area contributed by atoms with Crippen molar-refractivity contribution in [3.63, 3.8) is 0 Å². The monoisotopic (exact) mass is 289 g/mol. The Kier molecular flexibility index (Phi) is 6.25. The van der Waals surface area contributed by atoms with Gasteiger partial charge in [-0.3, -0.25) is 0 Å². The first kappa shape index (κ1) is 16.5. The summed E-state index contributed by atoms with van der Waals surface area (Å²) in [7, 11) is 0. The Morgan fingerprint density at radius 2 is 2.00 bits per heavy atom. The first-order valence-corrected chi connectivity index (χ1v) is 8.56. The van der Waals surface area contributed by atoms with Crippen LogP contribution in [0.15, 0.2) is 18.2 Å². The summed E-state index contributed by atoms with van der Waals surface area (Å²) in [6.45, 7) is 10.8. The highest BCUT2D eigenvalue weighted by atomic mass is 16.5. The van der Waals surface area contributed by atoms with E-state index in [1.54, 1.807) is 0 Å². The van der Waals surface area contributed by atoms with Gasteiger partial charge in [0.2, 0.25) is 0 Å². The molecule has 1 atom stereocenters. The van der Waals surface area contributed by atoms with Crippen molar-refractivity contribution < 1.29 is 4.74 Å². The van der Waals surface area contributed by atoms with Gasteiger partial charge >= 0.3 is 0 Å². The van der Waals surface area contributed by atoms with Crippen LogP contribution in [0.4, 0.5) is 0 Å². The summed E-state index contributed by atoms with van der Waals surface area (Å²) < 4.78 is 5.70. The Labute approximate surface area is 130 Å². The van der Waals surface area contributed by atoms with Gasteiger partial charge in [-0.05, 0) is 75.6 Å². The number of hydrogen-bond acceptors (Lipinski definition) is 2. The molecule has 2 heteroatoms. The minimum Gasteiger partial charge on any atom is -0.378 e. The SMILES string of the molecule is CCCNC(CC1CC(OCC)C1)c1cccc(C)c1C. The van der Waals surface area contributed by atoms with Crippen LogP contribution < -0.4 is 5.32 Å². The largest absolute Gasteiger partial charge is 0.378 e. The summed E-state index contributed by atoms with van der Waals surface area (Å²) in [5.74, 6) is 0.816. The van der Waals surface area contributed by atoms with Crippen molar-refractivity contribution in [2.24, 2.45) is 5.92 Å². The summed E-state index contributed by atoms with van der Waals surface area (Å²) in [6.07, 6.45) is 5.43. The van der Waals surface area contributed by atoms with E-state index in [9.17, 15) is 0 Å². The van der Waals surface area contributed by atoms with E-state index in [2.05, 4.69) is 51.2 Å². The van der Waals surface area contributed by atoms with Crippen LogP contribution in [0.25, 0.3) is 0 Å². The molecule has 1 aromatic rings. The molecule has 0 aromatic heterocycles. The van der Waals surface area contributed by atoms with Crippen LogP contribution in [0.2, 0.25) is 0 Å². The van der Waals surface area contributed by atoms with Crippen LogP contribution in [0.5, 0.6) is 0 Å². The van der Waals surface area contributed by atoms with Gasteiger partial charge in [-0.25, -0.2) is 0 Å². The summed E-state index contributed by atoms with van der Waals surface area (Å²) >= 11 is 0. The van der Waals surface area contributed by atoms with Gasteiger partial charge in [0.1, 0.15) is 0 Å². The number of nitrogens with one attached hydrogen (secondary N) is 1. The van der Waals surface area contributed by atoms with Gasteiger partial charge < -0.3 is 10.1 Å². The van der Waals surface area contributed by atoms with Gasteiger partial charge in [-0.15, -0.1) is 0 Å². The highest BCUT2D eigenvalue weighted by Crippen LogP contribution is 2.37. The smallest absolute Gasteiger partial charge is 0.0580 e. The van der Waals surface area contributed by atoms with Crippen molar-refractivity contribution >= 4 is 0 Å². The summed E-state index contributed by atoms with van der Waals surface area (Å²) in [6, 6.07) is 7.21. The lowest BCUT2D eigenvalue weighted by molar-refractivity contribution is -0.0291. The molecule has 1 fully saturated rings. The van der Waals surface area contributed by atoms with Crippen molar-refractivity contribution in [3.8, 4) is 0 Å². The van der Waals surface area contributed by atoms with Gasteiger partial charge in [0.25, 0.3) is 0 Å². The fraction of sp³-hybridized carbons (Fsp3) is 0.684. The quantitative estimate of drug-likeness (QED) is 0.758. The van der Waals surface area contributed by atoms with E-state index in [1.807, 2.05) is 0 Å². The van der Waals surface area contributed by atoms with E-state index < -0.39 is 0 Å². The molecule has 0 radical (unpaired) electrons. The molecule has 1 unspecified atom stereocenters. The van der Waals surface area contributed by atoms with Crippen molar-refractivity contribution in [2.45, 2.75) is 65.5 Å². The second-order valence-corrected chi connectivity index (χ2v) is 6.45. The van der Waals surface area contributed by atoms with Gasteiger partial charge in [-0.1, -0.05) is 25.1 Å². The molecule has 21 heavy (non-hydrogen) atoms. The Hall–Kier alpha value is -0.860. The van der Waals surface area contributed by atoms with Crippen LogP contribution in [-0.4, -0.2) is 19.3 Å². The standard InChI is InChI=1S/C19H31NO/c1-5-10-20-19(13-16-11-17(12-16)21-6-2)18-9-7-8-14(3)15(18)4/h7-9,16-17,19-20H,5-6,10-13H2,1-4H3. The lowest BCUT2D eigenvalue weighted by atomic mass is 9.76. The molecule has 0 amide bonds. The summed E-state index contributed by atoms with van der Waals surface area (Å²) in [4.78, 5) is 0. The molecule has 1 aliphatic carbocycles. The van der Waals surface area contributed by atoms with Crippen molar-refractivity contribution in [1.29, 1.82) is 0 Å². The molecule has 2 rings (SSSR count). The zero-order chi connectivity index (χ0) is 15.2. The highest BCUT2D eigenvalue weighted by molar-refractivity contribution is 5.35. The molecular formula is C19H31NO. The molecule has 1 aromatic carbocycles. The number of ether oxygens (including phenoxy) is 1. The maximum Gasteiger partial charge on any atom is 0.0580 e. The van der Waals surface area contributed by atoms with Crippen LogP contribution in [0, 0.1) is 19.8 Å². The molecular weight excluding hydrogens is 258 g/mol. The Balaban J connectivity index is 2.00. The predicted molar refractivity (Wildman–Crippen MR) is 89.7 cm³/mol. The number of aryl methyl sites for hydroxylation is 1. The summed E-state index contributed by atoms with van der Waals surface area (Å²) in [5.41, 5.74) is 4.34. The normalized spacial score (nSPS) is 22.9. The van der Waals surface area contributed by atoms with Crippen LogP contribution in [0.1, 0.15) is 62.3 Å². The van der Waals surface area contributed by atoms with E-state index in [-0.39, 0.29) is 0 Å². The summed E-state index contributed by atoms with van der Waals surface area (Å²) in [5, 5.41) is 3.76. The van der Waals surface area contributed by atoms with Gasteiger partial charge in [-0.2, -0.15) is 0 Å². The molecule has 0 heterocycles. The fourth-order valence-electron chi connectivity index (χ4n) is 3.36. The third-order valence-electron chi connectivity index (χ3n) is 4.83. The lowest BCUT2D eigenvalue weighted by Gasteiger charge is -2.37. The topological polar surface area (TPSA) is 21.3 Å². The van der Waals surface area contributed by atoms with Gasteiger partial charge in [0.15, 0.2) is 0 Å². The molecule has 0 spiro atoms. The molecule has 1 aliphatic rings. The maximum absolute atomic E-state index is 5.70. The van der Waals surface area contributed by atoms with E-state index >= 15 is 0 Å². The fourth-order valence-corrected chi connectivity index (χ4v) is 3.36. The number of hydrogen-bond donors (Lipinski definition) is 1. The van der Waals surface area contributed by atoms with Gasteiger partial charge in [0.05, 0.1) is 6.10 Å². The molecule has 118 valence electrons. The third kappa shape index (κ3) is 4.31. The minimum atomic E-state index is 0.498. The van der Waals surface area contributed by atoms with Crippen LogP contribution in [0.3, 0.4) is 0 Å². The molecule has 1 N–H and O–H groups in total. The van der Waals surface area contributed by atoms with Crippen LogP contribution >= 0.6 is 0 Å². The Morgan fingerprint density at radius 1 is 1.24 bits per heavy atom. The average molecular weight is 289 g/mol. The van der Waals surface area contributed by atoms with Crippen LogP contribution in [-0.2, 0) is 4.74 Å². The van der Waals surface area contributed by atoms with E-state index in [4.69, 9.17) is 4.74 Å². The number of rotatable bonds is 8. The van der Waals surface area contributed by atoms with E-state index in [1.165, 1.54) is 42.4 Å². The Morgan fingerprint density at radius 3 is 2.67 bits per heavy atom. The van der Waals surface area contributed by atoms with Crippen molar-refractivity contribution in [2.75, 3.05) is 13.2 Å². The lowest BCUT2D eigenvalue weighted by Crippen LogP contribution is -2.35. The molecule has 0 saturated heterocycles. The maximum atomic E-state index is 5.70. The molecule has 0 bridgehead atoms. The molecule has 0 aliphatic heterocycles. The first-order chi connectivity index (χ1) is 10.2. The first-order valence-electron chi connectivity index (χ1n) is 8.56. The minimum absolute atomic E-state index is 0.498. The predicted octanol–water partition coefficient (Wildman–Crippen LogP) is 4.55. The van der Waals surface area contributed by atoms with Crippen molar-refractivity contribution in [3.05, 3.63) is 34.9 Å². The third-order valence-corrected chi connectivity index (χ3v) is 4.83. The molecule has 1 saturated carbocycles. The molecule has 2 nitrogen and oxygen atoms in total. The Bertz CT molecular complexity index is 437. The highest BCUT2D eigenvalue weighted by Gasteiger charge is 2.32. The zero-order valence-corrected chi connectivity index (χ0v) is 14.1. The zero-order valence-electron chi connectivity index (χ0n) is 14.1.